The minimum atomic E-state index is -0.500. The molecule has 1 aliphatic heterocycles. The Labute approximate surface area is 140 Å². The first kappa shape index (κ1) is 17.8. The molecular formula is C19H30N2O2. The number of piperidine rings is 1. The Hall–Kier alpha value is -1.55. The topological polar surface area (TPSA) is 55.6 Å². The van der Waals surface area contributed by atoms with Gasteiger partial charge in [-0.1, -0.05) is 38.1 Å². The van der Waals surface area contributed by atoms with Crippen molar-refractivity contribution in [3.63, 3.8) is 0 Å². The van der Waals surface area contributed by atoms with E-state index in [1.807, 2.05) is 20.8 Å². The zero-order chi connectivity index (χ0) is 17.3. The van der Waals surface area contributed by atoms with E-state index in [1.165, 1.54) is 5.56 Å². The molecule has 1 heterocycles. The molecule has 4 heteroatoms. The molecule has 0 aliphatic carbocycles. The van der Waals surface area contributed by atoms with E-state index < -0.39 is 11.1 Å². The molecule has 0 radical (unpaired) electrons. The molecule has 1 aromatic rings. The van der Waals surface area contributed by atoms with Gasteiger partial charge in [0, 0.05) is 13.1 Å². The lowest BCUT2D eigenvalue weighted by atomic mass is 9.82. The van der Waals surface area contributed by atoms with E-state index in [-0.39, 0.29) is 6.09 Å². The van der Waals surface area contributed by atoms with Gasteiger partial charge in [0.15, 0.2) is 0 Å². The zero-order valence-corrected chi connectivity index (χ0v) is 15.1. The lowest BCUT2D eigenvalue weighted by Crippen LogP contribution is -2.54. The van der Waals surface area contributed by atoms with E-state index in [0.717, 1.165) is 18.4 Å². The molecule has 1 aromatic carbocycles. The van der Waals surface area contributed by atoms with Crippen LogP contribution in [0.2, 0.25) is 0 Å². The summed E-state index contributed by atoms with van der Waals surface area (Å²) in [4.78, 5) is 14.1. The number of hydrogen-bond donors (Lipinski definition) is 1. The van der Waals surface area contributed by atoms with Gasteiger partial charge in [0.05, 0.1) is 5.54 Å². The number of amides is 1. The van der Waals surface area contributed by atoms with E-state index in [1.54, 1.807) is 4.90 Å². The number of carbonyl (C=O) groups excluding carboxylic acids is 1. The predicted molar refractivity (Wildman–Crippen MR) is 93.4 cm³/mol. The average molecular weight is 318 g/mol. The Balaban J connectivity index is 2.18. The number of nitrogens with two attached hydrogens (primary N) is 1. The number of benzene rings is 1. The summed E-state index contributed by atoms with van der Waals surface area (Å²) in [5.74, 6) is 0.462. The van der Waals surface area contributed by atoms with Crippen LogP contribution in [0.5, 0.6) is 0 Å². The number of likely N-dealkylation sites (tertiary alicyclic amines) is 1. The molecule has 23 heavy (non-hydrogen) atoms. The van der Waals surface area contributed by atoms with Gasteiger partial charge in [-0.3, -0.25) is 0 Å². The van der Waals surface area contributed by atoms with Gasteiger partial charge in [-0.15, -0.1) is 0 Å². The molecule has 1 amide bonds. The van der Waals surface area contributed by atoms with Gasteiger partial charge in [0.2, 0.25) is 0 Å². The highest BCUT2D eigenvalue weighted by atomic mass is 16.6. The molecule has 0 saturated carbocycles. The third-order valence-corrected chi connectivity index (χ3v) is 4.30. The molecule has 0 bridgehead atoms. The third-order valence-electron chi connectivity index (χ3n) is 4.30. The maximum atomic E-state index is 12.4. The van der Waals surface area contributed by atoms with E-state index in [4.69, 9.17) is 10.5 Å². The van der Waals surface area contributed by atoms with E-state index in [9.17, 15) is 4.79 Å². The largest absolute Gasteiger partial charge is 0.444 e. The molecule has 128 valence electrons. The third kappa shape index (κ3) is 4.47. The lowest BCUT2D eigenvalue weighted by Gasteiger charge is -2.41. The van der Waals surface area contributed by atoms with Crippen LogP contribution in [-0.2, 0) is 10.3 Å². The second-order valence-electron chi connectivity index (χ2n) is 7.94. The number of ether oxygens (including phenoxy) is 1. The van der Waals surface area contributed by atoms with Crippen molar-refractivity contribution in [3.05, 3.63) is 35.4 Å². The second-order valence-corrected chi connectivity index (χ2v) is 7.94. The normalized spacial score (nSPS) is 22.3. The maximum Gasteiger partial charge on any atom is 0.410 e. The minimum Gasteiger partial charge on any atom is -0.444 e. The van der Waals surface area contributed by atoms with Crippen LogP contribution >= 0.6 is 0 Å². The van der Waals surface area contributed by atoms with Crippen molar-refractivity contribution in [1.29, 1.82) is 0 Å². The first-order valence-corrected chi connectivity index (χ1v) is 8.48. The van der Waals surface area contributed by atoms with Gasteiger partial charge in [-0.25, -0.2) is 4.79 Å². The van der Waals surface area contributed by atoms with Crippen molar-refractivity contribution >= 4 is 6.09 Å². The molecule has 0 spiro atoms. The van der Waals surface area contributed by atoms with Crippen LogP contribution in [0.1, 0.15) is 64.5 Å². The van der Waals surface area contributed by atoms with Gasteiger partial charge < -0.3 is 15.4 Å². The monoisotopic (exact) mass is 318 g/mol. The molecule has 4 nitrogen and oxygen atoms in total. The summed E-state index contributed by atoms with van der Waals surface area (Å²) in [7, 11) is 0. The summed E-state index contributed by atoms with van der Waals surface area (Å²) in [5, 5.41) is 0. The zero-order valence-electron chi connectivity index (χ0n) is 15.1. The SMILES string of the molecule is CC(C)c1cccc(C2(N)CCCN(C(=O)OC(C)(C)C)C2)c1. The Morgan fingerprint density at radius 3 is 2.65 bits per heavy atom. The van der Waals surface area contributed by atoms with Crippen LogP contribution in [0, 0.1) is 0 Å². The molecule has 1 fully saturated rings. The molecule has 1 aliphatic rings. The van der Waals surface area contributed by atoms with Crippen molar-refractivity contribution in [1.82, 2.24) is 4.90 Å². The molecule has 2 N–H and O–H groups in total. The predicted octanol–water partition coefficient (Wildman–Crippen LogP) is 3.99. The fourth-order valence-electron chi connectivity index (χ4n) is 3.01. The van der Waals surface area contributed by atoms with Crippen LogP contribution in [-0.4, -0.2) is 29.7 Å². The van der Waals surface area contributed by atoms with Gasteiger partial charge in [0.1, 0.15) is 5.60 Å². The van der Waals surface area contributed by atoms with E-state index in [0.29, 0.717) is 19.0 Å². The Morgan fingerprint density at radius 2 is 2.04 bits per heavy atom. The summed E-state index contributed by atoms with van der Waals surface area (Å²) in [6.07, 6.45) is 1.50. The lowest BCUT2D eigenvalue weighted by molar-refractivity contribution is 0.0137. The molecule has 1 saturated heterocycles. The Bertz CT molecular complexity index is 563. The van der Waals surface area contributed by atoms with Crippen molar-refractivity contribution in [2.24, 2.45) is 5.73 Å². The molecule has 0 aromatic heterocycles. The highest BCUT2D eigenvalue weighted by Gasteiger charge is 2.36. The molecule has 1 unspecified atom stereocenters. The summed E-state index contributed by atoms with van der Waals surface area (Å²) in [6.45, 7) is 11.2. The smallest absolute Gasteiger partial charge is 0.410 e. The van der Waals surface area contributed by atoms with Crippen molar-refractivity contribution < 1.29 is 9.53 Å². The van der Waals surface area contributed by atoms with E-state index in [2.05, 4.69) is 38.1 Å². The fourth-order valence-corrected chi connectivity index (χ4v) is 3.01. The highest BCUT2D eigenvalue weighted by Crippen LogP contribution is 2.31. The minimum absolute atomic E-state index is 0.271. The molecule has 1 atom stereocenters. The second kappa shape index (κ2) is 6.52. The van der Waals surface area contributed by atoms with Gasteiger partial charge in [-0.2, -0.15) is 0 Å². The maximum absolute atomic E-state index is 12.4. The summed E-state index contributed by atoms with van der Waals surface area (Å²) >= 11 is 0. The van der Waals surface area contributed by atoms with Crippen LogP contribution in [0.25, 0.3) is 0 Å². The van der Waals surface area contributed by atoms with Crippen molar-refractivity contribution in [2.75, 3.05) is 13.1 Å². The number of carbonyl (C=O) groups is 1. The highest BCUT2D eigenvalue weighted by molar-refractivity contribution is 5.68. The van der Waals surface area contributed by atoms with E-state index >= 15 is 0 Å². The van der Waals surface area contributed by atoms with Gasteiger partial charge in [0.25, 0.3) is 0 Å². The summed E-state index contributed by atoms with van der Waals surface area (Å²) < 4.78 is 5.50. The fraction of sp³-hybridized carbons (Fsp3) is 0.632. The van der Waals surface area contributed by atoms with Crippen LogP contribution in [0.15, 0.2) is 24.3 Å². The Morgan fingerprint density at radius 1 is 1.35 bits per heavy atom. The van der Waals surface area contributed by atoms with Crippen molar-refractivity contribution in [2.45, 2.75) is 64.5 Å². The Kier molecular flexibility index (Phi) is 5.04. The summed E-state index contributed by atoms with van der Waals surface area (Å²) in [6, 6.07) is 8.45. The summed E-state index contributed by atoms with van der Waals surface area (Å²) in [5.41, 5.74) is 8.10. The number of hydrogen-bond acceptors (Lipinski definition) is 3. The van der Waals surface area contributed by atoms with Crippen LogP contribution in [0.3, 0.4) is 0 Å². The number of rotatable bonds is 2. The van der Waals surface area contributed by atoms with Crippen LogP contribution < -0.4 is 5.73 Å². The first-order valence-electron chi connectivity index (χ1n) is 8.48. The molecule has 2 rings (SSSR count). The average Bonchev–Trinajstić information content (AvgIpc) is 2.45. The quantitative estimate of drug-likeness (QED) is 0.897. The number of nitrogens with zero attached hydrogens (tertiary/aromatic N) is 1. The molecular weight excluding hydrogens is 288 g/mol. The van der Waals surface area contributed by atoms with Gasteiger partial charge in [-0.05, 0) is 50.7 Å². The standard InChI is InChI=1S/C19H30N2O2/c1-14(2)15-8-6-9-16(12-15)19(20)10-7-11-21(13-19)17(22)23-18(3,4)5/h6,8-9,12,14H,7,10-11,13,20H2,1-5H3. The van der Waals surface area contributed by atoms with Crippen molar-refractivity contribution in [3.8, 4) is 0 Å². The van der Waals surface area contributed by atoms with Crippen LogP contribution in [0.4, 0.5) is 4.79 Å². The van der Waals surface area contributed by atoms with Gasteiger partial charge >= 0.3 is 6.09 Å². The first-order chi connectivity index (χ1) is 10.6.